The number of aromatic nitrogens is 1. The van der Waals surface area contributed by atoms with Crippen molar-refractivity contribution >= 4 is 28.1 Å². The summed E-state index contributed by atoms with van der Waals surface area (Å²) in [7, 11) is 0. The molecule has 1 aromatic heterocycles. The topological polar surface area (TPSA) is 54.0 Å². The first-order valence-corrected chi connectivity index (χ1v) is 8.20. The average Bonchev–Trinajstić information content (AvgIpc) is 3.02. The molecule has 1 heterocycles. The van der Waals surface area contributed by atoms with Crippen molar-refractivity contribution in [3.63, 3.8) is 0 Å². The average molecular weight is 323 g/mol. The van der Waals surface area contributed by atoms with Crippen LogP contribution in [0.2, 0.25) is 0 Å². The standard InChI is InChI=1S/C18H17N3OS/c1-13-6-5-7-14(10-13)11-19-17(22)16-12-23-18(21-16)20-15-8-3-2-4-9-15/h2-10,12H,11H2,1H3,(H,19,22)(H,20,21). The lowest BCUT2D eigenvalue weighted by molar-refractivity contribution is 0.0946. The number of thiazole rings is 1. The highest BCUT2D eigenvalue weighted by Crippen LogP contribution is 2.20. The van der Waals surface area contributed by atoms with E-state index in [2.05, 4.69) is 21.7 Å². The number of hydrogen-bond donors (Lipinski definition) is 2. The first-order valence-electron chi connectivity index (χ1n) is 7.32. The van der Waals surface area contributed by atoms with Crippen LogP contribution in [-0.2, 0) is 6.54 Å². The second-order valence-electron chi connectivity index (χ2n) is 5.20. The molecule has 3 aromatic rings. The highest BCUT2D eigenvalue weighted by atomic mass is 32.1. The predicted octanol–water partition coefficient (Wildman–Crippen LogP) is 4.13. The quantitative estimate of drug-likeness (QED) is 0.742. The van der Waals surface area contributed by atoms with Crippen molar-refractivity contribution in [2.24, 2.45) is 0 Å². The van der Waals surface area contributed by atoms with E-state index in [-0.39, 0.29) is 5.91 Å². The van der Waals surface area contributed by atoms with Gasteiger partial charge in [-0.15, -0.1) is 11.3 Å². The number of aryl methyl sites for hydroxylation is 1. The molecule has 1 amide bonds. The zero-order valence-electron chi connectivity index (χ0n) is 12.7. The molecule has 0 aliphatic rings. The lowest BCUT2D eigenvalue weighted by Crippen LogP contribution is -2.23. The number of carbonyl (C=O) groups is 1. The Balaban J connectivity index is 1.60. The molecule has 0 fully saturated rings. The van der Waals surface area contributed by atoms with Gasteiger partial charge >= 0.3 is 0 Å². The second kappa shape index (κ2) is 7.07. The molecular weight excluding hydrogens is 306 g/mol. The number of rotatable bonds is 5. The molecule has 0 saturated heterocycles. The van der Waals surface area contributed by atoms with Crippen LogP contribution in [-0.4, -0.2) is 10.9 Å². The SMILES string of the molecule is Cc1cccc(CNC(=O)c2csc(Nc3ccccc3)n2)c1. The van der Waals surface area contributed by atoms with Gasteiger partial charge in [-0.3, -0.25) is 4.79 Å². The van der Waals surface area contributed by atoms with Crippen LogP contribution in [0.15, 0.2) is 60.0 Å². The molecule has 0 radical (unpaired) electrons. The minimum absolute atomic E-state index is 0.163. The van der Waals surface area contributed by atoms with Crippen LogP contribution in [0.3, 0.4) is 0 Å². The Kier molecular flexibility index (Phi) is 4.68. The largest absolute Gasteiger partial charge is 0.347 e. The third kappa shape index (κ3) is 4.17. The fraction of sp³-hybridized carbons (Fsp3) is 0.111. The summed E-state index contributed by atoms with van der Waals surface area (Å²) in [5.74, 6) is -0.163. The van der Waals surface area contributed by atoms with Gasteiger partial charge in [0, 0.05) is 17.6 Å². The van der Waals surface area contributed by atoms with Gasteiger partial charge in [0.2, 0.25) is 0 Å². The van der Waals surface area contributed by atoms with E-state index >= 15 is 0 Å². The minimum atomic E-state index is -0.163. The Morgan fingerprint density at radius 3 is 2.74 bits per heavy atom. The van der Waals surface area contributed by atoms with Crippen molar-refractivity contribution in [3.8, 4) is 0 Å². The van der Waals surface area contributed by atoms with Crippen molar-refractivity contribution in [2.45, 2.75) is 13.5 Å². The molecule has 116 valence electrons. The van der Waals surface area contributed by atoms with E-state index in [0.717, 1.165) is 11.3 Å². The number of para-hydroxylation sites is 1. The van der Waals surface area contributed by atoms with Crippen molar-refractivity contribution in [1.82, 2.24) is 10.3 Å². The number of anilines is 2. The molecule has 0 spiro atoms. The van der Waals surface area contributed by atoms with Gasteiger partial charge < -0.3 is 10.6 Å². The fourth-order valence-corrected chi connectivity index (χ4v) is 2.89. The van der Waals surface area contributed by atoms with Gasteiger partial charge in [-0.1, -0.05) is 48.0 Å². The Bertz CT molecular complexity index is 799. The van der Waals surface area contributed by atoms with E-state index in [1.165, 1.54) is 16.9 Å². The summed E-state index contributed by atoms with van der Waals surface area (Å²) >= 11 is 1.41. The van der Waals surface area contributed by atoms with Crippen molar-refractivity contribution in [3.05, 3.63) is 76.8 Å². The molecule has 0 aliphatic carbocycles. The molecule has 0 unspecified atom stereocenters. The molecule has 23 heavy (non-hydrogen) atoms. The summed E-state index contributed by atoms with van der Waals surface area (Å²) in [5.41, 5.74) is 3.64. The van der Waals surface area contributed by atoms with E-state index in [9.17, 15) is 4.79 Å². The van der Waals surface area contributed by atoms with Gasteiger partial charge in [-0.25, -0.2) is 4.98 Å². The first kappa shape index (κ1) is 15.2. The van der Waals surface area contributed by atoms with Crippen LogP contribution >= 0.6 is 11.3 Å². The Morgan fingerprint density at radius 1 is 1.13 bits per heavy atom. The molecule has 0 atom stereocenters. The fourth-order valence-electron chi connectivity index (χ4n) is 2.18. The summed E-state index contributed by atoms with van der Waals surface area (Å²) in [6.07, 6.45) is 0. The smallest absolute Gasteiger partial charge is 0.271 e. The third-order valence-corrected chi connectivity index (χ3v) is 4.06. The summed E-state index contributed by atoms with van der Waals surface area (Å²) in [6.45, 7) is 2.53. The van der Waals surface area contributed by atoms with Crippen LogP contribution in [0.25, 0.3) is 0 Å². The van der Waals surface area contributed by atoms with Crippen LogP contribution in [0.4, 0.5) is 10.8 Å². The van der Waals surface area contributed by atoms with Crippen LogP contribution in [0.1, 0.15) is 21.6 Å². The maximum Gasteiger partial charge on any atom is 0.271 e. The Morgan fingerprint density at radius 2 is 1.96 bits per heavy atom. The van der Waals surface area contributed by atoms with Gasteiger partial charge in [0.1, 0.15) is 5.69 Å². The van der Waals surface area contributed by atoms with Crippen LogP contribution < -0.4 is 10.6 Å². The van der Waals surface area contributed by atoms with E-state index in [4.69, 9.17) is 0 Å². The molecule has 4 nitrogen and oxygen atoms in total. The highest BCUT2D eigenvalue weighted by Gasteiger charge is 2.10. The zero-order valence-corrected chi connectivity index (χ0v) is 13.6. The number of hydrogen-bond acceptors (Lipinski definition) is 4. The maximum absolute atomic E-state index is 12.2. The number of carbonyl (C=O) groups excluding carboxylic acids is 1. The second-order valence-corrected chi connectivity index (χ2v) is 6.06. The van der Waals surface area contributed by atoms with Crippen molar-refractivity contribution < 1.29 is 4.79 Å². The number of nitrogens with one attached hydrogen (secondary N) is 2. The molecule has 0 aliphatic heterocycles. The number of nitrogens with zero attached hydrogens (tertiary/aromatic N) is 1. The third-order valence-electron chi connectivity index (χ3n) is 3.30. The Hall–Kier alpha value is -2.66. The van der Waals surface area contributed by atoms with E-state index in [1.54, 1.807) is 5.38 Å². The lowest BCUT2D eigenvalue weighted by atomic mass is 10.1. The summed E-state index contributed by atoms with van der Waals surface area (Å²) in [5, 5.41) is 8.55. The molecule has 2 aromatic carbocycles. The number of benzene rings is 2. The molecule has 5 heteroatoms. The zero-order chi connectivity index (χ0) is 16.1. The number of amides is 1. The molecular formula is C18H17N3OS. The molecule has 0 bridgehead atoms. The maximum atomic E-state index is 12.2. The Labute approximate surface area is 139 Å². The lowest BCUT2D eigenvalue weighted by Gasteiger charge is -2.04. The van der Waals surface area contributed by atoms with Gasteiger partial charge in [0.15, 0.2) is 5.13 Å². The van der Waals surface area contributed by atoms with Gasteiger partial charge in [0.25, 0.3) is 5.91 Å². The minimum Gasteiger partial charge on any atom is -0.347 e. The summed E-state index contributed by atoms with van der Waals surface area (Å²) < 4.78 is 0. The predicted molar refractivity (Wildman–Crippen MR) is 94.2 cm³/mol. The van der Waals surface area contributed by atoms with Gasteiger partial charge in [0.05, 0.1) is 0 Å². The summed E-state index contributed by atoms with van der Waals surface area (Å²) in [6, 6.07) is 17.8. The van der Waals surface area contributed by atoms with Gasteiger partial charge in [-0.2, -0.15) is 0 Å². The van der Waals surface area contributed by atoms with E-state index in [1.807, 2.05) is 55.5 Å². The molecule has 3 rings (SSSR count). The highest BCUT2D eigenvalue weighted by molar-refractivity contribution is 7.14. The summed E-state index contributed by atoms with van der Waals surface area (Å²) in [4.78, 5) is 16.5. The van der Waals surface area contributed by atoms with Crippen molar-refractivity contribution in [2.75, 3.05) is 5.32 Å². The van der Waals surface area contributed by atoms with E-state index in [0.29, 0.717) is 17.4 Å². The monoisotopic (exact) mass is 323 g/mol. The normalized spacial score (nSPS) is 10.3. The van der Waals surface area contributed by atoms with Gasteiger partial charge in [-0.05, 0) is 24.6 Å². The van der Waals surface area contributed by atoms with Crippen LogP contribution in [0.5, 0.6) is 0 Å². The van der Waals surface area contributed by atoms with Crippen molar-refractivity contribution in [1.29, 1.82) is 0 Å². The van der Waals surface area contributed by atoms with E-state index < -0.39 is 0 Å². The molecule has 2 N–H and O–H groups in total. The first-order chi connectivity index (χ1) is 11.2. The van der Waals surface area contributed by atoms with Crippen LogP contribution in [0, 0.1) is 6.92 Å². The molecule has 0 saturated carbocycles.